The van der Waals surface area contributed by atoms with Crippen molar-refractivity contribution in [2.45, 2.75) is 33.4 Å². The SMILES string of the molecule is Cc1cc(C)cc(OCC(=O)c2ccc3c(c2)N(C(C)C(=O)NCc2ccccc2)C(=O)CO3)c1. The number of hydrogen-bond acceptors (Lipinski definition) is 5. The summed E-state index contributed by atoms with van der Waals surface area (Å²) in [5, 5.41) is 2.87. The normalized spacial score (nSPS) is 13.5. The smallest absolute Gasteiger partial charge is 0.265 e. The molecule has 2 amide bonds. The summed E-state index contributed by atoms with van der Waals surface area (Å²) in [6, 6.07) is 19.4. The van der Waals surface area contributed by atoms with Crippen LogP contribution in [0.1, 0.15) is 34.0 Å². The minimum absolute atomic E-state index is 0.149. The zero-order chi connectivity index (χ0) is 24.9. The van der Waals surface area contributed by atoms with Gasteiger partial charge in [0.15, 0.2) is 19.0 Å². The maximum Gasteiger partial charge on any atom is 0.265 e. The largest absolute Gasteiger partial charge is 0.485 e. The standard InChI is InChI=1S/C28H28N2O5/c1-18-11-19(2)13-23(12-18)34-16-25(31)22-9-10-26-24(14-22)30(27(32)17-35-26)20(3)28(33)29-15-21-7-5-4-6-8-21/h4-14,20H,15-17H2,1-3H3,(H,29,33). The van der Waals surface area contributed by atoms with Crippen molar-refractivity contribution in [3.8, 4) is 11.5 Å². The van der Waals surface area contributed by atoms with Gasteiger partial charge in [-0.15, -0.1) is 0 Å². The Hall–Kier alpha value is -4.13. The van der Waals surface area contributed by atoms with Gasteiger partial charge in [-0.25, -0.2) is 0 Å². The third-order valence-corrected chi connectivity index (χ3v) is 5.80. The summed E-state index contributed by atoms with van der Waals surface area (Å²) in [7, 11) is 0. The maximum atomic E-state index is 12.9. The van der Waals surface area contributed by atoms with E-state index in [0.29, 0.717) is 29.3 Å². The number of carbonyl (C=O) groups is 3. The number of ether oxygens (including phenoxy) is 2. The summed E-state index contributed by atoms with van der Waals surface area (Å²) in [5.74, 6) is 0.170. The Labute approximate surface area is 204 Å². The Morgan fingerprint density at radius 1 is 1.03 bits per heavy atom. The second-order valence-corrected chi connectivity index (χ2v) is 8.65. The number of benzene rings is 3. The molecule has 1 aliphatic heterocycles. The van der Waals surface area contributed by atoms with Gasteiger partial charge in [-0.2, -0.15) is 0 Å². The number of Topliss-reactive ketones (excluding diaryl/α,β-unsaturated/α-hetero) is 1. The molecule has 1 aliphatic rings. The van der Waals surface area contributed by atoms with Crippen molar-refractivity contribution >= 4 is 23.3 Å². The second-order valence-electron chi connectivity index (χ2n) is 8.65. The molecule has 0 bridgehead atoms. The van der Waals surface area contributed by atoms with Crippen molar-refractivity contribution in [1.82, 2.24) is 5.32 Å². The summed E-state index contributed by atoms with van der Waals surface area (Å²) < 4.78 is 11.3. The average Bonchev–Trinajstić information content (AvgIpc) is 2.85. The first-order chi connectivity index (χ1) is 16.8. The molecule has 7 heteroatoms. The van der Waals surface area contributed by atoms with E-state index in [1.54, 1.807) is 25.1 Å². The number of rotatable bonds is 8. The van der Waals surface area contributed by atoms with E-state index < -0.39 is 6.04 Å². The predicted molar refractivity (Wildman–Crippen MR) is 133 cm³/mol. The molecule has 1 heterocycles. The van der Waals surface area contributed by atoms with Crippen LogP contribution in [0.15, 0.2) is 66.7 Å². The van der Waals surface area contributed by atoms with Gasteiger partial charge in [-0.05, 0) is 67.8 Å². The van der Waals surface area contributed by atoms with Crippen molar-refractivity contribution < 1.29 is 23.9 Å². The van der Waals surface area contributed by atoms with E-state index >= 15 is 0 Å². The number of ketones is 1. The summed E-state index contributed by atoms with van der Waals surface area (Å²) in [6.45, 7) is 5.62. The number of nitrogens with one attached hydrogen (secondary N) is 1. The molecule has 0 aromatic heterocycles. The lowest BCUT2D eigenvalue weighted by molar-refractivity contribution is -0.127. The molecule has 180 valence electrons. The van der Waals surface area contributed by atoms with Crippen molar-refractivity contribution in [3.05, 3.63) is 89.0 Å². The Balaban J connectivity index is 1.49. The van der Waals surface area contributed by atoms with Crippen LogP contribution in [0.3, 0.4) is 0 Å². The molecule has 0 saturated heterocycles. The number of amides is 2. The van der Waals surface area contributed by atoms with E-state index in [-0.39, 0.29) is 30.8 Å². The fourth-order valence-corrected chi connectivity index (χ4v) is 4.07. The Morgan fingerprint density at radius 2 is 1.74 bits per heavy atom. The number of anilines is 1. The molecular weight excluding hydrogens is 444 g/mol. The third kappa shape index (κ3) is 5.69. The molecule has 1 N–H and O–H groups in total. The first-order valence-corrected chi connectivity index (χ1v) is 11.5. The van der Waals surface area contributed by atoms with Crippen LogP contribution in [0.2, 0.25) is 0 Å². The predicted octanol–water partition coefficient (Wildman–Crippen LogP) is 4.00. The maximum absolute atomic E-state index is 12.9. The number of carbonyl (C=O) groups excluding carboxylic acids is 3. The molecule has 0 saturated carbocycles. The summed E-state index contributed by atoms with van der Waals surface area (Å²) in [5.41, 5.74) is 3.81. The van der Waals surface area contributed by atoms with Gasteiger partial charge in [0.1, 0.15) is 17.5 Å². The number of hydrogen-bond donors (Lipinski definition) is 1. The first-order valence-electron chi connectivity index (χ1n) is 11.5. The van der Waals surface area contributed by atoms with Gasteiger partial charge in [0.05, 0.1) is 5.69 Å². The van der Waals surface area contributed by atoms with E-state index in [1.165, 1.54) is 4.90 Å². The molecule has 0 spiro atoms. The molecule has 3 aromatic rings. The molecule has 4 rings (SSSR count). The van der Waals surface area contributed by atoms with Gasteiger partial charge in [0.25, 0.3) is 5.91 Å². The number of aryl methyl sites for hydroxylation is 2. The summed E-state index contributed by atoms with van der Waals surface area (Å²) in [6.07, 6.45) is 0. The Kier molecular flexibility index (Phi) is 7.15. The molecule has 1 atom stereocenters. The highest BCUT2D eigenvalue weighted by atomic mass is 16.5. The van der Waals surface area contributed by atoms with Gasteiger partial charge in [-0.1, -0.05) is 36.4 Å². The monoisotopic (exact) mass is 472 g/mol. The van der Waals surface area contributed by atoms with Gasteiger partial charge < -0.3 is 14.8 Å². The highest BCUT2D eigenvalue weighted by Gasteiger charge is 2.33. The second kappa shape index (κ2) is 10.4. The van der Waals surface area contributed by atoms with E-state index in [1.807, 2.05) is 62.4 Å². The zero-order valence-electron chi connectivity index (χ0n) is 20.0. The lowest BCUT2D eigenvalue weighted by atomic mass is 10.1. The zero-order valence-corrected chi connectivity index (χ0v) is 20.0. The average molecular weight is 473 g/mol. The molecule has 0 fully saturated rings. The highest BCUT2D eigenvalue weighted by Crippen LogP contribution is 2.34. The van der Waals surface area contributed by atoms with Crippen LogP contribution in [0.4, 0.5) is 5.69 Å². The van der Waals surface area contributed by atoms with Crippen LogP contribution in [-0.2, 0) is 16.1 Å². The van der Waals surface area contributed by atoms with Gasteiger partial charge >= 0.3 is 0 Å². The minimum atomic E-state index is -0.786. The van der Waals surface area contributed by atoms with E-state index in [4.69, 9.17) is 9.47 Å². The quantitative estimate of drug-likeness (QED) is 0.501. The van der Waals surface area contributed by atoms with Gasteiger partial charge in [-0.3, -0.25) is 19.3 Å². The molecule has 3 aromatic carbocycles. The van der Waals surface area contributed by atoms with Crippen LogP contribution < -0.4 is 19.7 Å². The van der Waals surface area contributed by atoms with E-state index in [9.17, 15) is 14.4 Å². The number of fused-ring (bicyclic) bond motifs is 1. The van der Waals surface area contributed by atoms with Crippen LogP contribution in [-0.4, -0.2) is 36.9 Å². The first kappa shape index (κ1) is 24.0. The van der Waals surface area contributed by atoms with Gasteiger partial charge in [0.2, 0.25) is 5.91 Å². The lowest BCUT2D eigenvalue weighted by Crippen LogP contribution is -2.51. The summed E-state index contributed by atoms with van der Waals surface area (Å²) >= 11 is 0. The van der Waals surface area contributed by atoms with Crippen molar-refractivity contribution in [1.29, 1.82) is 0 Å². The highest BCUT2D eigenvalue weighted by molar-refractivity contribution is 6.05. The van der Waals surface area contributed by atoms with E-state index in [2.05, 4.69) is 5.32 Å². The Bertz CT molecular complexity index is 1240. The van der Waals surface area contributed by atoms with Gasteiger partial charge in [0, 0.05) is 12.1 Å². The van der Waals surface area contributed by atoms with Crippen molar-refractivity contribution in [2.75, 3.05) is 18.1 Å². The topological polar surface area (TPSA) is 84.9 Å². The molecule has 35 heavy (non-hydrogen) atoms. The van der Waals surface area contributed by atoms with Crippen molar-refractivity contribution in [2.24, 2.45) is 0 Å². The lowest BCUT2D eigenvalue weighted by Gasteiger charge is -2.33. The molecule has 0 radical (unpaired) electrons. The minimum Gasteiger partial charge on any atom is -0.485 e. The Morgan fingerprint density at radius 3 is 2.46 bits per heavy atom. The molecular formula is C28H28N2O5. The third-order valence-electron chi connectivity index (χ3n) is 5.80. The molecule has 0 aliphatic carbocycles. The molecule has 1 unspecified atom stereocenters. The fourth-order valence-electron chi connectivity index (χ4n) is 4.07. The summed E-state index contributed by atoms with van der Waals surface area (Å²) in [4.78, 5) is 39.9. The van der Waals surface area contributed by atoms with Crippen LogP contribution in [0.5, 0.6) is 11.5 Å². The molecule has 7 nitrogen and oxygen atoms in total. The van der Waals surface area contributed by atoms with Crippen LogP contribution >= 0.6 is 0 Å². The van der Waals surface area contributed by atoms with Crippen molar-refractivity contribution in [3.63, 3.8) is 0 Å². The van der Waals surface area contributed by atoms with Crippen LogP contribution in [0, 0.1) is 13.8 Å². The van der Waals surface area contributed by atoms with Crippen LogP contribution in [0.25, 0.3) is 0 Å². The van der Waals surface area contributed by atoms with E-state index in [0.717, 1.165) is 16.7 Å². The number of nitrogens with zero attached hydrogens (tertiary/aromatic N) is 1. The fraction of sp³-hybridized carbons (Fsp3) is 0.250.